The van der Waals surface area contributed by atoms with Crippen LogP contribution in [0.3, 0.4) is 0 Å². The minimum atomic E-state index is -0.545. The fourth-order valence-corrected chi connectivity index (χ4v) is 3.06. The van der Waals surface area contributed by atoms with E-state index in [4.69, 9.17) is 4.74 Å². The van der Waals surface area contributed by atoms with Crippen LogP contribution >= 0.6 is 0 Å². The van der Waals surface area contributed by atoms with Crippen molar-refractivity contribution in [2.45, 2.75) is 26.8 Å². The molecule has 0 aliphatic carbocycles. The average molecular weight is 365 g/mol. The predicted octanol–water partition coefficient (Wildman–Crippen LogP) is 3.58. The highest BCUT2D eigenvalue weighted by Crippen LogP contribution is 2.29. The molecule has 0 unspecified atom stereocenters. The molecule has 0 fully saturated rings. The van der Waals surface area contributed by atoms with Crippen LogP contribution in [0.4, 0.5) is 10.5 Å². The third kappa shape index (κ3) is 3.95. The predicted molar refractivity (Wildman–Crippen MR) is 105 cm³/mol. The Balaban J connectivity index is 1.92. The van der Waals surface area contributed by atoms with Crippen LogP contribution < -0.4 is 20.7 Å². The fraction of sp³-hybridized carbons (Fsp3) is 0.238. The van der Waals surface area contributed by atoms with Crippen molar-refractivity contribution in [3.63, 3.8) is 0 Å². The van der Waals surface area contributed by atoms with Crippen LogP contribution in [0.25, 0.3) is 0 Å². The Morgan fingerprint density at radius 3 is 2.37 bits per heavy atom. The van der Waals surface area contributed by atoms with Gasteiger partial charge >= 0.3 is 6.03 Å². The zero-order valence-corrected chi connectivity index (χ0v) is 15.8. The van der Waals surface area contributed by atoms with Gasteiger partial charge in [-0.3, -0.25) is 4.79 Å². The van der Waals surface area contributed by atoms with Gasteiger partial charge in [-0.15, -0.1) is 0 Å². The lowest BCUT2D eigenvalue weighted by atomic mass is 9.94. The van der Waals surface area contributed by atoms with Gasteiger partial charge in [-0.05, 0) is 61.7 Å². The third-order valence-electron chi connectivity index (χ3n) is 4.73. The first-order valence-corrected chi connectivity index (χ1v) is 8.70. The molecule has 6 nitrogen and oxygen atoms in total. The Kier molecular flexibility index (Phi) is 5.16. The minimum absolute atomic E-state index is 0.260. The maximum atomic E-state index is 13.0. The summed E-state index contributed by atoms with van der Waals surface area (Å²) in [6.45, 7) is 5.75. The number of methoxy groups -OCH3 is 1. The molecular formula is C21H23N3O3. The van der Waals surface area contributed by atoms with Crippen LogP contribution in [0.15, 0.2) is 53.7 Å². The topological polar surface area (TPSA) is 79.5 Å². The summed E-state index contributed by atoms with van der Waals surface area (Å²) in [6.07, 6.45) is 0. The SMILES string of the molecule is COc1ccc([C@@H]2NC(=O)NC(C)=C2C(=O)Nc2ccc(C)c(C)c2)cc1. The molecular weight excluding hydrogens is 342 g/mol. The smallest absolute Gasteiger partial charge is 0.319 e. The van der Waals surface area contributed by atoms with Gasteiger partial charge in [0.15, 0.2) is 0 Å². The van der Waals surface area contributed by atoms with Crippen molar-refractivity contribution >= 4 is 17.6 Å². The van der Waals surface area contributed by atoms with Crippen molar-refractivity contribution in [3.05, 3.63) is 70.4 Å². The second kappa shape index (κ2) is 7.53. The van der Waals surface area contributed by atoms with Crippen molar-refractivity contribution in [1.82, 2.24) is 10.6 Å². The Labute approximate surface area is 158 Å². The standard InChI is InChI=1S/C21H23N3O3/c1-12-5-8-16(11-13(12)2)23-20(25)18-14(3)22-21(26)24-19(18)15-6-9-17(27-4)10-7-15/h5-11,19H,1-4H3,(H,23,25)(H2,22,24,26)/t19-/m0/s1. The molecule has 6 heteroatoms. The molecule has 1 aliphatic heterocycles. The van der Waals surface area contributed by atoms with E-state index in [1.165, 1.54) is 0 Å². The van der Waals surface area contributed by atoms with Crippen LogP contribution in [-0.2, 0) is 4.79 Å². The summed E-state index contributed by atoms with van der Waals surface area (Å²) < 4.78 is 5.18. The van der Waals surface area contributed by atoms with Gasteiger partial charge in [-0.25, -0.2) is 4.79 Å². The quantitative estimate of drug-likeness (QED) is 0.775. The van der Waals surface area contributed by atoms with Gasteiger partial charge in [-0.2, -0.15) is 0 Å². The van der Waals surface area contributed by atoms with Gasteiger partial charge in [0.25, 0.3) is 5.91 Å². The highest BCUT2D eigenvalue weighted by Gasteiger charge is 2.31. The van der Waals surface area contributed by atoms with E-state index in [1.807, 2.05) is 44.2 Å². The molecule has 2 aromatic carbocycles. The van der Waals surface area contributed by atoms with Gasteiger partial charge < -0.3 is 20.7 Å². The maximum absolute atomic E-state index is 13.0. The van der Waals surface area contributed by atoms with Gasteiger partial charge in [0.05, 0.1) is 18.7 Å². The van der Waals surface area contributed by atoms with E-state index in [-0.39, 0.29) is 11.9 Å². The summed E-state index contributed by atoms with van der Waals surface area (Å²) in [5.41, 5.74) is 4.77. The van der Waals surface area contributed by atoms with Crippen LogP contribution in [0.2, 0.25) is 0 Å². The lowest BCUT2D eigenvalue weighted by molar-refractivity contribution is -0.113. The normalized spacial score (nSPS) is 16.4. The van der Waals surface area contributed by atoms with Crippen molar-refractivity contribution in [2.24, 2.45) is 0 Å². The van der Waals surface area contributed by atoms with E-state index in [9.17, 15) is 9.59 Å². The minimum Gasteiger partial charge on any atom is -0.497 e. The van der Waals surface area contributed by atoms with Crippen LogP contribution in [0.1, 0.15) is 29.7 Å². The van der Waals surface area contributed by atoms with Crippen LogP contribution in [0, 0.1) is 13.8 Å². The number of ether oxygens (including phenoxy) is 1. The number of amides is 3. The number of allylic oxidation sites excluding steroid dienone is 1. The third-order valence-corrected chi connectivity index (χ3v) is 4.73. The lowest BCUT2D eigenvalue weighted by Gasteiger charge is -2.28. The fourth-order valence-electron chi connectivity index (χ4n) is 3.06. The first-order chi connectivity index (χ1) is 12.9. The number of aryl methyl sites for hydroxylation is 2. The number of hydrogen-bond donors (Lipinski definition) is 3. The molecule has 1 heterocycles. The molecule has 3 rings (SSSR count). The zero-order chi connectivity index (χ0) is 19.6. The first-order valence-electron chi connectivity index (χ1n) is 8.70. The van der Waals surface area contributed by atoms with E-state index >= 15 is 0 Å². The number of nitrogens with one attached hydrogen (secondary N) is 3. The van der Waals surface area contributed by atoms with E-state index in [2.05, 4.69) is 16.0 Å². The molecule has 0 saturated carbocycles. The molecule has 3 N–H and O–H groups in total. The van der Waals surface area contributed by atoms with E-state index in [1.54, 1.807) is 26.2 Å². The summed E-state index contributed by atoms with van der Waals surface area (Å²) in [7, 11) is 1.59. The molecule has 2 aromatic rings. The van der Waals surface area contributed by atoms with E-state index in [0.717, 1.165) is 16.7 Å². The summed E-state index contributed by atoms with van der Waals surface area (Å²) >= 11 is 0. The highest BCUT2D eigenvalue weighted by molar-refractivity contribution is 6.06. The second-order valence-electron chi connectivity index (χ2n) is 6.60. The maximum Gasteiger partial charge on any atom is 0.319 e. The van der Waals surface area contributed by atoms with Crippen molar-refractivity contribution in [1.29, 1.82) is 0 Å². The Morgan fingerprint density at radius 1 is 1.04 bits per heavy atom. The van der Waals surface area contributed by atoms with Crippen molar-refractivity contribution in [2.75, 3.05) is 12.4 Å². The average Bonchev–Trinajstić information content (AvgIpc) is 2.64. The summed E-state index contributed by atoms with van der Waals surface area (Å²) in [5.74, 6) is 0.449. The van der Waals surface area contributed by atoms with Crippen LogP contribution in [-0.4, -0.2) is 19.0 Å². The first kappa shape index (κ1) is 18.5. The van der Waals surface area contributed by atoms with Gasteiger partial charge in [0.2, 0.25) is 0 Å². The Bertz CT molecular complexity index is 917. The van der Waals surface area contributed by atoms with Gasteiger partial charge in [-0.1, -0.05) is 18.2 Å². The molecule has 140 valence electrons. The molecule has 1 aliphatic rings. The van der Waals surface area contributed by atoms with Gasteiger partial charge in [0.1, 0.15) is 5.75 Å². The Hall–Kier alpha value is -3.28. The summed E-state index contributed by atoms with van der Waals surface area (Å²) in [6, 6.07) is 12.2. The number of rotatable bonds is 4. The number of anilines is 1. The molecule has 0 radical (unpaired) electrons. The molecule has 0 saturated heterocycles. The highest BCUT2D eigenvalue weighted by atomic mass is 16.5. The molecule has 27 heavy (non-hydrogen) atoms. The number of carbonyl (C=O) groups excluding carboxylic acids is 2. The second-order valence-corrected chi connectivity index (χ2v) is 6.60. The summed E-state index contributed by atoms with van der Waals surface area (Å²) in [5, 5.41) is 8.45. The number of urea groups is 1. The lowest BCUT2D eigenvalue weighted by Crippen LogP contribution is -2.45. The summed E-state index contributed by atoms with van der Waals surface area (Å²) in [4.78, 5) is 25.0. The molecule has 0 spiro atoms. The van der Waals surface area contributed by atoms with E-state index < -0.39 is 6.04 Å². The zero-order valence-electron chi connectivity index (χ0n) is 15.8. The van der Waals surface area contributed by atoms with Crippen molar-refractivity contribution in [3.8, 4) is 5.75 Å². The largest absolute Gasteiger partial charge is 0.497 e. The molecule has 0 bridgehead atoms. The number of carbonyl (C=O) groups is 2. The van der Waals surface area contributed by atoms with Crippen LogP contribution in [0.5, 0.6) is 5.75 Å². The van der Waals surface area contributed by atoms with Gasteiger partial charge in [0, 0.05) is 11.4 Å². The monoisotopic (exact) mass is 365 g/mol. The number of hydrogen-bond acceptors (Lipinski definition) is 3. The number of benzene rings is 2. The molecule has 1 atom stereocenters. The molecule has 3 amide bonds. The Morgan fingerprint density at radius 2 is 1.74 bits per heavy atom. The van der Waals surface area contributed by atoms with Crippen molar-refractivity contribution < 1.29 is 14.3 Å². The molecule has 0 aromatic heterocycles. The van der Waals surface area contributed by atoms with E-state index in [0.29, 0.717) is 22.7 Å².